The number of para-hydroxylation sites is 1. The van der Waals surface area contributed by atoms with Crippen LogP contribution in [-0.4, -0.2) is 30.9 Å². The van der Waals surface area contributed by atoms with Gasteiger partial charge >= 0.3 is 0 Å². The summed E-state index contributed by atoms with van der Waals surface area (Å²) in [5.41, 5.74) is 3.96. The third-order valence-electron chi connectivity index (χ3n) is 6.47. The van der Waals surface area contributed by atoms with Crippen LogP contribution in [0.15, 0.2) is 59.6 Å². The number of hydrogen-bond acceptors (Lipinski definition) is 5. The lowest BCUT2D eigenvalue weighted by molar-refractivity contribution is 0.297. The molecule has 0 amide bonds. The van der Waals surface area contributed by atoms with E-state index in [1.807, 2.05) is 18.2 Å². The number of allylic oxidation sites excluding steroid dienone is 3. The van der Waals surface area contributed by atoms with Crippen molar-refractivity contribution in [3.63, 3.8) is 0 Å². The van der Waals surface area contributed by atoms with Gasteiger partial charge in [0.1, 0.15) is 11.3 Å². The molecule has 1 N–H and O–H groups in total. The van der Waals surface area contributed by atoms with Gasteiger partial charge in [-0.2, -0.15) is 0 Å². The van der Waals surface area contributed by atoms with Crippen molar-refractivity contribution >= 4 is 32.4 Å². The van der Waals surface area contributed by atoms with Gasteiger partial charge in [-0.3, -0.25) is 4.99 Å². The van der Waals surface area contributed by atoms with Crippen molar-refractivity contribution in [3.8, 4) is 5.75 Å². The summed E-state index contributed by atoms with van der Waals surface area (Å²) in [5.74, 6) is 0.815. The molecule has 1 aliphatic rings. The average molecular weight is 452 g/mol. The molecule has 0 spiro atoms. The predicted octanol–water partition coefficient (Wildman–Crippen LogP) is 7.60. The van der Waals surface area contributed by atoms with Crippen LogP contribution in [0, 0.1) is 5.41 Å². The Bertz CT molecular complexity index is 980. The fraction of sp³-hybridized carbons (Fsp3) is 0.481. The van der Waals surface area contributed by atoms with E-state index in [0.717, 1.165) is 47.0 Å². The lowest BCUT2D eigenvalue weighted by Gasteiger charge is -2.27. The first-order valence-electron chi connectivity index (χ1n) is 11.7. The van der Waals surface area contributed by atoms with Crippen LogP contribution in [0.4, 0.5) is 5.13 Å². The molecule has 1 aromatic heterocycles. The van der Waals surface area contributed by atoms with Crippen LogP contribution in [0.3, 0.4) is 0 Å². The molecular weight excluding hydrogens is 414 g/mol. The molecule has 0 aliphatic heterocycles. The number of hydrogen-bond donors (Lipinski definition) is 1. The summed E-state index contributed by atoms with van der Waals surface area (Å²) in [7, 11) is 1.68. The highest BCUT2D eigenvalue weighted by Crippen LogP contribution is 2.44. The van der Waals surface area contributed by atoms with E-state index in [2.05, 4.69) is 55.0 Å². The van der Waals surface area contributed by atoms with E-state index in [0.29, 0.717) is 5.41 Å². The Kier molecular flexibility index (Phi) is 9.10. The van der Waals surface area contributed by atoms with Gasteiger partial charge in [0.15, 0.2) is 5.13 Å². The van der Waals surface area contributed by atoms with E-state index in [9.17, 15) is 0 Å². The standard InChI is InChI=1S/C27H37N3OS/c1-5-11-22(12-10-18-28-21(3)20-27(6-2)16-7-8-17-27)15-19-29-26-30-25-23(31-4)13-9-14-24(25)32-26/h5,9-14H,1,6-8,15-20H2,2-4H3,(H,29,30)/b12-10-,22-11+,28-21?. The Balaban J connectivity index is 1.49. The van der Waals surface area contributed by atoms with Gasteiger partial charge in [-0.1, -0.05) is 74.5 Å². The van der Waals surface area contributed by atoms with Crippen molar-refractivity contribution in [1.29, 1.82) is 0 Å². The van der Waals surface area contributed by atoms with Crippen LogP contribution in [0.5, 0.6) is 5.75 Å². The summed E-state index contributed by atoms with van der Waals surface area (Å²) < 4.78 is 6.54. The second-order valence-corrected chi connectivity index (χ2v) is 9.73. The van der Waals surface area contributed by atoms with Crippen LogP contribution < -0.4 is 10.1 Å². The number of rotatable bonds is 12. The molecule has 0 radical (unpaired) electrons. The van der Waals surface area contributed by atoms with Crippen LogP contribution in [0.1, 0.15) is 58.8 Å². The van der Waals surface area contributed by atoms with Gasteiger partial charge in [-0.15, -0.1) is 0 Å². The molecule has 4 nitrogen and oxygen atoms in total. The second-order valence-electron chi connectivity index (χ2n) is 8.70. The van der Waals surface area contributed by atoms with Gasteiger partial charge < -0.3 is 10.1 Å². The molecule has 1 aromatic carbocycles. The fourth-order valence-corrected chi connectivity index (χ4v) is 5.55. The van der Waals surface area contributed by atoms with Gasteiger partial charge in [0.2, 0.25) is 0 Å². The van der Waals surface area contributed by atoms with Crippen LogP contribution >= 0.6 is 11.3 Å². The number of aromatic nitrogens is 1. The summed E-state index contributed by atoms with van der Waals surface area (Å²) in [5, 5.41) is 4.37. The van der Waals surface area contributed by atoms with E-state index >= 15 is 0 Å². The lowest BCUT2D eigenvalue weighted by Crippen LogP contribution is -2.18. The summed E-state index contributed by atoms with van der Waals surface area (Å²) in [6.45, 7) is 9.95. The molecule has 0 atom stereocenters. The van der Waals surface area contributed by atoms with E-state index in [1.54, 1.807) is 18.4 Å². The fourth-order valence-electron chi connectivity index (χ4n) is 4.64. The first-order chi connectivity index (χ1) is 15.6. The average Bonchev–Trinajstić information content (AvgIpc) is 3.43. The summed E-state index contributed by atoms with van der Waals surface area (Å²) in [4.78, 5) is 9.50. The Hall–Kier alpha value is -2.40. The number of nitrogens with zero attached hydrogens (tertiary/aromatic N) is 2. The maximum Gasteiger partial charge on any atom is 0.183 e. The van der Waals surface area contributed by atoms with Crippen molar-refractivity contribution < 1.29 is 4.74 Å². The van der Waals surface area contributed by atoms with Gasteiger partial charge in [-0.25, -0.2) is 4.98 Å². The van der Waals surface area contributed by atoms with Gasteiger partial charge in [0, 0.05) is 12.3 Å². The number of methoxy groups -OCH3 is 1. The third kappa shape index (κ3) is 6.55. The summed E-state index contributed by atoms with van der Waals surface area (Å²) >= 11 is 1.65. The zero-order valence-corrected chi connectivity index (χ0v) is 20.6. The number of ether oxygens (including phenoxy) is 1. The molecule has 2 aromatic rings. The normalized spacial score (nSPS) is 16.7. The zero-order chi connectivity index (χ0) is 22.8. The molecule has 0 unspecified atom stereocenters. The summed E-state index contributed by atoms with van der Waals surface area (Å²) in [6, 6.07) is 6.02. The molecular formula is C27H37N3OS. The minimum absolute atomic E-state index is 0.515. The maximum absolute atomic E-state index is 5.41. The van der Waals surface area contributed by atoms with Gasteiger partial charge in [-0.05, 0) is 55.7 Å². The number of thiazole rings is 1. The SMILES string of the molecule is C=C/C=C(\C=C/CN=C(C)CC1(CC)CCCC1)CCNc1nc2c(OC)cccc2s1. The monoisotopic (exact) mass is 451 g/mol. The summed E-state index contributed by atoms with van der Waals surface area (Å²) in [6.07, 6.45) is 17.1. The zero-order valence-electron chi connectivity index (χ0n) is 19.8. The number of anilines is 1. The Morgan fingerprint density at radius 2 is 2.16 bits per heavy atom. The van der Waals surface area contributed by atoms with Crippen LogP contribution in [0.25, 0.3) is 10.2 Å². The number of aliphatic imine (C=N–C) groups is 1. The largest absolute Gasteiger partial charge is 0.494 e. The van der Waals surface area contributed by atoms with Gasteiger partial charge in [0.05, 0.1) is 18.4 Å². The highest BCUT2D eigenvalue weighted by molar-refractivity contribution is 7.22. The number of benzene rings is 1. The highest BCUT2D eigenvalue weighted by atomic mass is 32.1. The minimum Gasteiger partial charge on any atom is -0.494 e. The number of nitrogens with one attached hydrogen (secondary N) is 1. The minimum atomic E-state index is 0.515. The van der Waals surface area contributed by atoms with E-state index in [4.69, 9.17) is 9.73 Å². The smallest absolute Gasteiger partial charge is 0.183 e. The van der Waals surface area contributed by atoms with Crippen molar-refractivity contribution in [2.24, 2.45) is 10.4 Å². The van der Waals surface area contributed by atoms with Crippen molar-refractivity contribution in [1.82, 2.24) is 4.98 Å². The second kappa shape index (κ2) is 12.0. The van der Waals surface area contributed by atoms with Gasteiger partial charge in [0.25, 0.3) is 0 Å². The molecule has 0 bridgehead atoms. The highest BCUT2D eigenvalue weighted by Gasteiger charge is 2.32. The molecule has 1 heterocycles. The molecule has 1 fully saturated rings. The van der Waals surface area contributed by atoms with Crippen LogP contribution in [0.2, 0.25) is 0 Å². The first kappa shape index (κ1) is 24.2. The molecule has 5 heteroatoms. The Labute approximate surface area is 197 Å². The lowest BCUT2D eigenvalue weighted by atomic mass is 9.79. The van der Waals surface area contributed by atoms with Crippen molar-refractivity contribution in [2.75, 3.05) is 25.5 Å². The van der Waals surface area contributed by atoms with E-state index < -0.39 is 0 Å². The van der Waals surface area contributed by atoms with Crippen molar-refractivity contribution in [3.05, 3.63) is 54.7 Å². The maximum atomic E-state index is 5.41. The number of fused-ring (bicyclic) bond motifs is 1. The molecule has 1 aliphatic carbocycles. The van der Waals surface area contributed by atoms with E-state index in [1.165, 1.54) is 43.4 Å². The Morgan fingerprint density at radius 1 is 1.34 bits per heavy atom. The molecule has 1 saturated carbocycles. The topological polar surface area (TPSA) is 46.5 Å². The van der Waals surface area contributed by atoms with E-state index in [-0.39, 0.29) is 0 Å². The molecule has 172 valence electrons. The molecule has 3 rings (SSSR count). The Morgan fingerprint density at radius 3 is 2.88 bits per heavy atom. The van der Waals surface area contributed by atoms with Crippen LogP contribution in [-0.2, 0) is 0 Å². The third-order valence-corrected chi connectivity index (χ3v) is 7.45. The molecule has 0 saturated heterocycles. The first-order valence-corrected chi connectivity index (χ1v) is 12.6. The van der Waals surface area contributed by atoms with Crippen molar-refractivity contribution in [2.45, 2.75) is 58.8 Å². The quantitative estimate of drug-likeness (QED) is 0.267. The predicted molar refractivity (Wildman–Crippen MR) is 140 cm³/mol. The molecule has 32 heavy (non-hydrogen) atoms.